The van der Waals surface area contributed by atoms with Crippen molar-refractivity contribution >= 4 is 0 Å². The van der Waals surface area contributed by atoms with Crippen molar-refractivity contribution in [3.05, 3.63) is 24.4 Å². The fourth-order valence-electron chi connectivity index (χ4n) is 1.05. The number of ether oxygens (including phenoxy) is 1. The summed E-state index contributed by atoms with van der Waals surface area (Å²) < 4.78 is 5.22. The molecule has 0 N–H and O–H groups in total. The van der Waals surface area contributed by atoms with E-state index < -0.39 is 0 Å². The molecule has 11 heavy (non-hydrogen) atoms. The molecule has 1 saturated heterocycles. The summed E-state index contributed by atoms with van der Waals surface area (Å²) in [5.74, 6) is 0. The lowest BCUT2D eigenvalue weighted by Gasteiger charge is -2.25. The summed E-state index contributed by atoms with van der Waals surface area (Å²) in [6.07, 6.45) is 4.00. The van der Waals surface area contributed by atoms with Gasteiger partial charge in [0.25, 0.3) is 0 Å². The molecule has 0 aromatic carbocycles. The summed E-state index contributed by atoms with van der Waals surface area (Å²) in [5.41, 5.74) is 1.21. The summed E-state index contributed by atoms with van der Waals surface area (Å²) in [7, 11) is 0. The minimum absolute atomic E-state index is 0.848. The van der Waals surface area contributed by atoms with E-state index in [2.05, 4.69) is 24.6 Å². The van der Waals surface area contributed by atoms with Crippen LogP contribution < -0.4 is 0 Å². The fourth-order valence-corrected chi connectivity index (χ4v) is 1.05. The second-order valence-electron chi connectivity index (χ2n) is 2.73. The van der Waals surface area contributed by atoms with Crippen molar-refractivity contribution in [3.63, 3.8) is 0 Å². The molecule has 1 rings (SSSR count). The van der Waals surface area contributed by atoms with Gasteiger partial charge in [0, 0.05) is 19.3 Å². The van der Waals surface area contributed by atoms with Crippen molar-refractivity contribution in [3.8, 4) is 0 Å². The van der Waals surface area contributed by atoms with E-state index in [-0.39, 0.29) is 0 Å². The third-order valence-electron chi connectivity index (χ3n) is 1.75. The van der Waals surface area contributed by atoms with Crippen LogP contribution in [0.2, 0.25) is 0 Å². The van der Waals surface area contributed by atoms with E-state index in [1.807, 2.05) is 6.08 Å². The summed E-state index contributed by atoms with van der Waals surface area (Å²) in [6.45, 7) is 9.46. The van der Waals surface area contributed by atoms with E-state index in [1.54, 1.807) is 0 Å². The Bertz CT molecular complexity index is 157. The molecule has 0 atom stereocenters. The van der Waals surface area contributed by atoms with Crippen molar-refractivity contribution < 1.29 is 4.74 Å². The van der Waals surface area contributed by atoms with Gasteiger partial charge in [-0.15, -0.1) is 0 Å². The molecule has 0 aromatic heterocycles. The molecular weight excluding hydrogens is 138 g/mol. The van der Waals surface area contributed by atoms with Crippen molar-refractivity contribution in [1.29, 1.82) is 0 Å². The van der Waals surface area contributed by atoms with Gasteiger partial charge in [0.1, 0.15) is 0 Å². The lowest BCUT2D eigenvalue weighted by molar-refractivity contribution is 0.0591. The first kappa shape index (κ1) is 8.34. The highest BCUT2D eigenvalue weighted by Crippen LogP contribution is 2.01. The fraction of sp³-hybridized carbons (Fsp3) is 0.556. The van der Waals surface area contributed by atoms with Crippen molar-refractivity contribution in [1.82, 2.24) is 4.90 Å². The molecule has 1 heterocycles. The van der Waals surface area contributed by atoms with E-state index in [9.17, 15) is 0 Å². The van der Waals surface area contributed by atoms with E-state index in [0.29, 0.717) is 0 Å². The first-order valence-corrected chi connectivity index (χ1v) is 3.95. The normalized spacial score (nSPS) is 20.1. The van der Waals surface area contributed by atoms with Gasteiger partial charge < -0.3 is 9.64 Å². The molecule has 2 nitrogen and oxygen atoms in total. The van der Waals surface area contributed by atoms with Gasteiger partial charge in [-0.3, -0.25) is 0 Å². The minimum atomic E-state index is 0.848. The molecule has 0 saturated carbocycles. The molecular formula is C9H15NO. The highest BCUT2D eigenvalue weighted by atomic mass is 16.5. The molecule has 0 aromatic rings. The first-order chi connectivity index (χ1) is 5.33. The molecule has 2 heteroatoms. The maximum absolute atomic E-state index is 5.22. The summed E-state index contributed by atoms with van der Waals surface area (Å²) >= 11 is 0. The van der Waals surface area contributed by atoms with Crippen LogP contribution in [0, 0.1) is 0 Å². The summed E-state index contributed by atoms with van der Waals surface area (Å²) in [4.78, 5) is 2.26. The molecule has 62 valence electrons. The largest absolute Gasteiger partial charge is 0.378 e. The van der Waals surface area contributed by atoms with Crippen molar-refractivity contribution in [2.24, 2.45) is 0 Å². The number of morpholine rings is 1. The van der Waals surface area contributed by atoms with Crippen LogP contribution in [0.5, 0.6) is 0 Å². The Morgan fingerprint density at radius 2 is 2.09 bits per heavy atom. The highest BCUT2D eigenvalue weighted by molar-refractivity contribution is 5.12. The summed E-state index contributed by atoms with van der Waals surface area (Å²) in [6, 6.07) is 0. The average Bonchev–Trinajstić information content (AvgIpc) is 2.06. The molecule has 0 bridgehead atoms. The molecule has 0 radical (unpaired) electrons. The third kappa shape index (κ3) is 2.76. The van der Waals surface area contributed by atoms with Crippen molar-refractivity contribution in [2.45, 2.75) is 6.92 Å². The van der Waals surface area contributed by atoms with Gasteiger partial charge in [0.15, 0.2) is 0 Å². The predicted molar refractivity (Wildman–Crippen MR) is 46.3 cm³/mol. The number of allylic oxidation sites excluding steroid dienone is 2. The Morgan fingerprint density at radius 1 is 1.45 bits per heavy atom. The Labute approximate surface area is 68.1 Å². The van der Waals surface area contributed by atoms with Crippen LogP contribution in [0.3, 0.4) is 0 Å². The van der Waals surface area contributed by atoms with Gasteiger partial charge in [-0.05, 0) is 12.5 Å². The number of hydrogen-bond acceptors (Lipinski definition) is 2. The van der Waals surface area contributed by atoms with Gasteiger partial charge in [-0.25, -0.2) is 0 Å². The Hall–Kier alpha value is -0.760. The molecule has 1 aliphatic heterocycles. The van der Waals surface area contributed by atoms with Crippen molar-refractivity contribution in [2.75, 3.05) is 26.3 Å². The van der Waals surface area contributed by atoms with Gasteiger partial charge in [-0.1, -0.05) is 12.7 Å². The maximum Gasteiger partial charge on any atom is 0.0642 e. The zero-order valence-electron chi connectivity index (χ0n) is 7.05. The third-order valence-corrected chi connectivity index (χ3v) is 1.75. The molecule has 0 amide bonds. The monoisotopic (exact) mass is 153 g/mol. The lowest BCUT2D eigenvalue weighted by Crippen LogP contribution is -2.32. The molecule has 1 fully saturated rings. The smallest absolute Gasteiger partial charge is 0.0642 e. The molecule has 0 unspecified atom stereocenters. The van der Waals surface area contributed by atoms with Crippen LogP contribution in [0.15, 0.2) is 24.4 Å². The zero-order chi connectivity index (χ0) is 8.10. The van der Waals surface area contributed by atoms with E-state index in [1.165, 1.54) is 5.57 Å². The topological polar surface area (TPSA) is 12.5 Å². The van der Waals surface area contributed by atoms with Crippen LogP contribution in [-0.4, -0.2) is 31.2 Å². The van der Waals surface area contributed by atoms with Gasteiger partial charge in [0.05, 0.1) is 13.2 Å². The Balaban J connectivity index is 2.40. The SMILES string of the molecule is C=C/C(C)=C\N1CCOCC1. The zero-order valence-corrected chi connectivity index (χ0v) is 7.05. The number of hydrogen-bond donors (Lipinski definition) is 0. The lowest BCUT2D eigenvalue weighted by atomic mass is 10.3. The highest BCUT2D eigenvalue weighted by Gasteiger charge is 2.05. The predicted octanol–water partition coefficient (Wildman–Crippen LogP) is 1.41. The second kappa shape index (κ2) is 4.19. The molecule has 1 aliphatic rings. The maximum atomic E-state index is 5.22. The first-order valence-electron chi connectivity index (χ1n) is 3.95. The van der Waals surface area contributed by atoms with E-state index in [0.717, 1.165) is 26.3 Å². The van der Waals surface area contributed by atoms with Gasteiger partial charge in [0.2, 0.25) is 0 Å². The van der Waals surface area contributed by atoms with Crippen LogP contribution >= 0.6 is 0 Å². The number of rotatable bonds is 2. The van der Waals surface area contributed by atoms with E-state index in [4.69, 9.17) is 4.74 Å². The molecule has 0 aliphatic carbocycles. The van der Waals surface area contributed by atoms with Crippen LogP contribution in [-0.2, 0) is 4.74 Å². The Kier molecular flexibility index (Phi) is 3.17. The number of nitrogens with zero attached hydrogens (tertiary/aromatic N) is 1. The van der Waals surface area contributed by atoms with Crippen LogP contribution in [0.25, 0.3) is 0 Å². The van der Waals surface area contributed by atoms with Crippen LogP contribution in [0.4, 0.5) is 0 Å². The summed E-state index contributed by atoms with van der Waals surface area (Å²) in [5, 5.41) is 0. The standard InChI is InChI=1S/C9H15NO/c1-3-9(2)8-10-4-6-11-7-5-10/h3,8H,1,4-7H2,2H3/b9-8-. The minimum Gasteiger partial charge on any atom is -0.378 e. The molecule has 0 spiro atoms. The Morgan fingerprint density at radius 3 is 2.64 bits per heavy atom. The van der Waals surface area contributed by atoms with Gasteiger partial charge >= 0.3 is 0 Å². The van der Waals surface area contributed by atoms with Gasteiger partial charge in [-0.2, -0.15) is 0 Å². The quantitative estimate of drug-likeness (QED) is 0.556. The second-order valence-corrected chi connectivity index (χ2v) is 2.73. The average molecular weight is 153 g/mol. The van der Waals surface area contributed by atoms with E-state index >= 15 is 0 Å². The van der Waals surface area contributed by atoms with Crippen LogP contribution in [0.1, 0.15) is 6.92 Å².